The van der Waals surface area contributed by atoms with E-state index in [-0.39, 0.29) is 6.04 Å². The van der Waals surface area contributed by atoms with Crippen molar-refractivity contribution in [2.75, 3.05) is 0 Å². The van der Waals surface area contributed by atoms with Gasteiger partial charge in [0.15, 0.2) is 0 Å². The molecule has 0 fully saturated rings. The fourth-order valence-electron chi connectivity index (χ4n) is 3.63. The van der Waals surface area contributed by atoms with E-state index in [1.807, 2.05) is 47.3 Å². The van der Waals surface area contributed by atoms with Crippen LogP contribution in [0.3, 0.4) is 0 Å². The Morgan fingerprint density at radius 3 is 2.62 bits per heavy atom. The Hall–Kier alpha value is -2.82. The highest BCUT2D eigenvalue weighted by Crippen LogP contribution is 2.34. The number of hydrogen-bond acceptors (Lipinski definition) is 2. The second-order valence-corrected chi connectivity index (χ2v) is 6.79. The lowest BCUT2D eigenvalue weighted by molar-refractivity contribution is 0.599. The number of nitrogens with zero attached hydrogens (tertiary/aromatic N) is 3. The van der Waals surface area contributed by atoms with Gasteiger partial charge in [-0.05, 0) is 35.9 Å². The average molecular weight is 361 g/mol. The molecule has 1 N–H and O–H groups in total. The van der Waals surface area contributed by atoms with Gasteiger partial charge in [-0.3, -0.25) is 0 Å². The van der Waals surface area contributed by atoms with Crippen molar-refractivity contribution in [2.24, 2.45) is 0 Å². The fraction of sp³-hybridized carbons (Fsp3) is 0.0952. The van der Waals surface area contributed by atoms with Crippen molar-refractivity contribution in [1.82, 2.24) is 19.7 Å². The van der Waals surface area contributed by atoms with Gasteiger partial charge >= 0.3 is 0 Å². The van der Waals surface area contributed by atoms with E-state index in [4.69, 9.17) is 11.6 Å². The fourth-order valence-corrected chi connectivity index (χ4v) is 3.88. The first-order chi connectivity index (χ1) is 12.8. The molecule has 0 bridgehead atoms. The third-order valence-electron chi connectivity index (χ3n) is 4.83. The van der Waals surface area contributed by atoms with Crippen molar-refractivity contribution in [3.63, 3.8) is 0 Å². The summed E-state index contributed by atoms with van der Waals surface area (Å²) in [6.07, 6.45) is 4.03. The third-order valence-corrected chi connectivity index (χ3v) is 5.18. The molecule has 4 aromatic rings. The van der Waals surface area contributed by atoms with Gasteiger partial charge < -0.3 is 9.88 Å². The molecule has 5 heteroatoms. The van der Waals surface area contributed by atoms with Crippen molar-refractivity contribution < 1.29 is 0 Å². The zero-order valence-corrected chi connectivity index (χ0v) is 14.8. The van der Waals surface area contributed by atoms with Gasteiger partial charge in [0.1, 0.15) is 5.82 Å². The summed E-state index contributed by atoms with van der Waals surface area (Å²) in [5.41, 5.74) is 4.43. The summed E-state index contributed by atoms with van der Waals surface area (Å²) in [7, 11) is 0. The minimum Gasteiger partial charge on any atom is -0.303 e. The number of halogens is 1. The van der Waals surface area contributed by atoms with Crippen LogP contribution in [0.5, 0.6) is 0 Å². The van der Waals surface area contributed by atoms with Gasteiger partial charge in [0.25, 0.3) is 0 Å². The molecule has 0 saturated heterocycles. The quantitative estimate of drug-likeness (QED) is 0.570. The van der Waals surface area contributed by atoms with Crippen LogP contribution in [0, 0.1) is 0 Å². The van der Waals surface area contributed by atoms with Gasteiger partial charge in [0.05, 0.1) is 17.9 Å². The van der Waals surface area contributed by atoms with E-state index >= 15 is 0 Å². The maximum atomic E-state index is 6.49. The molecule has 0 amide bonds. The summed E-state index contributed by atoms with van der Waals surface area (Å²) in [5, 5.41) is 9.05. The van der Waals surface area contributed by atoms with Crippen LogP contribution < -0.4 is 5.32 Å². The van der Waals surface area contributed by atoms with Crippen LogP contribution in [0.1, 0.15) is 22.9 Å². The molecular formula is C21H17ClN4. The number of para-hydroxylation sites is 1. The number of benzene rings is 2. The van der Waals surface area contributed by atoms with E-state index in [1.54, 1.807) is 0 Å². The molecular weight excluding hydrogens is 344 g/mol. The zero-order chi connectivity index (χ0) is 17.5. The van der Waals surface area contributed by atoms with Gasteiger partial charge in [-0.25, -0.2) is 4.68 Å². The number of aromatic nitrogens is 3. The highest BCUT2D eigenvalue weighted by Gasteiger charge is 2.27. The number of nitrogens with one attached hydrogen (secondary N) is 1. The Morgan fingerprint density at radius 2 is 1.77 bits per heavy atom. The first-order valence-electron chi connectivity index (χ1n) is 8.60. The van der Waals surface area contributed by atoms with Gasteiger partial charge in [-0.2, -0.15) is 5.10 Å². The lowest BCUT2D eigenvalue weighted by Crippen LogP contribution is -2.21. The van der Waals surface area contributed by atoms with Crippen LogP contribution in [0.4, 0.5) is 0 Å². The van der Waals surface area contributed by atoms with E-state index in [2.05, 4.69) is 51.5 Å². The van der Waals surface area contributed by atoms with E-state index in [0.717, 1.165) is 39.9 Å². The number of hydrogen-bond donors (Lipinski definition) is 1. The third kappa shape index (κ3) is 2.38. The molecule has 1 aliphatic heterocycles. The van der Waals surface area contributed by atoms with Crippen LogP contribution in [-0.4, -0.2) is 14.3 Å². The van der Waals surface area contributed by atoms with Crippen molar-refractivity contribution >= 4 is 11.6 Å². The number of fused-ring (bicyclic) bond motifs is 3. The predicted molar refractivity (Wildman–Crippen MR) is 103 cm³/mol. The normalized spacial score (nSPS) is 16.0. The topological polar surface area (TPSA) is 34.8 Å². The van der Waals surface area contributed by atoms with Crippen molar-refractivity contribution in [3.05, 3.63) is 101 Å². The molecule has 0 radical (unpaired) electrons. The molecule has 0 spiro atoms. The first-order valence-corrected chi connectivity index (χ1v) is 8.98. The lowest BCUT2D eigenvalue weighted by Gasteiger charge is -2.19. The zero-order valence-electron chi connectivity index (χ0n) is 14.0. The molecule has 128 valence electrons. The van der Waals surface area contributed by atoms with Gasteiger partial charge in [-0.15, -0.1) is 0 Å². The smallest absolute Gasteiger partial charge is 0.145 e. The molecule has 5 rings (SSSR count). The largest absolute Gasteiger partial charge is 0.303 e. The second-order valence-electron chi connectivity index (χ2n) is 6.38. The summed E-state index contributed by atoms with van der Waals surface area (Å²) >= 11 is 6.49. The van der Waals surface area contributed by atoms with Crippen molar-refractivity contribution in [1.29, 1.82) is 0 Å². The minimum atomic E-state index is 0.0234. The predicted octanol–water partition coefficient (Wildman–Crippen LogP) is 4.51. The first kappa shape index (κ1) is 15.4. The Kier molecular flexibility index (Phi) is 3.66. The van der Waals surface area contributed by atoms with Crippen LogP contribution in [0.25, 0.3) is 11.5 Å². The summed E-state index contributed by atoms with van der Waals surface area (Å²) in [5.74, 6) is 1.07. The minimum absolute atomic E-state index is 0.0234. The Bertz CT molecular complexity index is 1060. The highest BCUT2D eigenvalue weighted by molar-refractivity contribution is 6.31. The average Bonchev–Trinajstić information content (AvgIpc) is 3.28. The molecule has 1 atom stereocenters. The molecule has 3 heterocycles. The molecule has 2 aromatic carbocycles. The van der Waals surface area contributed by atoms with Crippen molar-refractivity contribution in [2.45, 2.75) is 12.6 Å². The Morgan fingerprint density at radius 1 is 0.962 bits per heavy atom. The lowest BCUT2D eigenvalue weighted by atomic mass is 10.0. The van der Waals surface area contributed by atoms with Gasteiger partial charge in [0.2, 0.25) is 0 Å². The van der Waals surface area contributed by atoms with Crippen LogP contribution in [0.15, 0.2) is 79.1 Å². The standard InChI is InChI=1S/C21H17ClN4/c22-18-10-5-4-9-17(18)20-19-11-6-12-25(19)21-15(13-23-20)14-24-26(21)16-7-2-1-3-8-16/h1-12,14,20,23H,13H2. The maximum Gasteiger partial charge on any atom is 0.145 e. The monoisotopic (exact) mass is 360 g/mol. The van der Waals surface area contributed by atoms with E-state index in [0.29, 0.717) is 0 Å². The number of rotatable bonds is 2. The molecule has 4 nitrogen and oxygen atoms in total. The van der Waals surface area contributed by atoms with E-state index in [9.17, 15) is 0 Å². The summed E-state index contributed by atoms with van der Waals surface area (Å²) in [4.78, 5) is 0. The summed E-state index contributed by atoms with van der Waals surface area (Å²) in [6.45, 7) is 0.722. The maximum absolute atomic E-state index is 6.49. The molecule has 1 aliphatic rings. The van der Waals surface area contributed by atoms with Gasteiger partial charge in [-0.1, -0.05) is 48.0 Å². The van der Waals surface area contributed by atoms with Crippen LogP contribution >= 0.6 is 11.6 Å². The van der Waals surface area contributed by atoms with Crippen molar-refractivity contribution in [3.8, 4) is 11.5 Å². The Labute approximate surface area is 156 Å². The van der Waals surface area contributed by atoms with Crippen LogP contribution in [-0.2, 0) is 6.54 Å². The molecule has 0 saturated carbocycles. The van der Waals surface area contributed by atoms with E-state index < -0.39 is 0 Å². The highest BCUT2D eigenvalue weighted by atomic mass is 35.5. The molecule has 26 heavy (non-hydrogen) atoms. The van der Waals surface area contributed by atoms with Crippen LogP contribution in [0.2, 0.25) is 5.02 Å². The Balaban J connectivity index is 1.69. The van der Waals surface area contributed by atoms with E-state index in [1.165, 1.54) is 0 Å². The van der Waals surface area contributed by atoms with Gasteiger partial charge in [0, 0.05) is 29.0 Å². The molecule has 1 unspecified atom stereocenters. The molecule has 0 aliphatic carbocycles. The second kappa shape index (κ2) is 6.16. The SMILES string of the molecule is Clc1ccccc1C1NCc2cnn(-c3ccccc3)c2-n2cccc21. The summed E-state index contributed by atoms with van der Waals surface area (Å²) < 4.78 is 4.21. The summed E-state index contributed by atoms with van der Waals surface area (Å²) in [6, 6.07) is 22.5. The molecule has 2 aromatic heterocycles.